The molecule has 0 saturated carbocycles. The first kappa shape index (κ1) is 13.0. The van der Waals surface area contributed by atoms with Gasteiger partial charge in [-0.3, -0.25) is 9.13 Å². The van der Waals surface area contributed by atoms with E-state index in [-0.39, 0.29) is 6.54 Å². The van der Waals surface area contributed by atoms with Gasteiger partial charge in [-0.2, -0.15) is 0 Å². The molecule has 0 aromatic heterocycles. The van der Waals surface area contributed by atoms with Crippen molar-refractivity contribution < 1.29 is 33.8 Å². The molecule has 0 aromatic carbocycles. The number of aliphatic hydroxyl groups is 1. The Bertz CT molecular complexity index is 346. The Hall–Kier alpha value is -0.0400. The highest BCUT2D eigenvalue weighted by Crippen LogP contribution is 2.69. The van der Waals surface area contributed by atoms with Crippen molar-refractivity contribution in [1.82, 2.24) is 5.32 Å². The van der Waals surface area contributed by atoms with Gasteiger partial charge in [0.2, 0.25) is 0 Å². The molecule has 0 saturated heterocycles. The second-order valence-electron chi connectivity index (χ2n) is 3.09. The summed E-state index contributed by atoms with van der Waals surface area (Å²) < 4.78 is 21.9. The lowest BCUT2D eigenvalue weighted by molar-refractivity contribution is 0.112. The zero-order chi connectivity index (χ0) is 11.9. The summed E-state index contributed by atoms with van der Waals surface area (Å²) in [5.74, 6) is 0. The van der Waals surface area contributed by atoms with Crippen molar-refractivity contribution in [3.63, 3.8) is 0 Å². The van der Waals surface area contributed by atoms with Crippen LogP contribution in [0.25, 0.3) is 0 Å². The molecule has 1 aliphatic rings. The lowest BCUT2D eigenvalue weighted by atomic mass is 10.3. The largest absolute Gasteiger partial charge is 0.371 e. The smallest absolute Gasteiger partial charge is 0.366 e. The Morgan fingerprint density at radius 3 is 1.93 bits per heavy atom. The van der Waals surface area contributed by atoms with E-state index in [1.807, 2.05) is 0 Å². The minimum absolute atomic E-state index is 0.174. The number of nitrogens with one attached hydrogen (secondary N) is 1. The highest BCUT2D eigenvalue weighted by Gasteiger charge is 2.64. The number of rotatable bonds is 3. The fourth-order valence-electron chi connectivity index (χ4n) is 1.27. The zero-order valence-corrected chi connectivity index (χ0v) is 9.18. The van der Waals surface area contributed by atoms with Crippen LogP contribution in [0.5, 0.6) is 0 Å². The average molecular weight is 259 g/mol. The van der Waals surface area contributed by atoms with Crippen molar-refractivity contribution in [2.75, 3.05) is 6.54 Å². The molecule has 1 heterocycles. The Morgan fingerprint density at radius 1 is 1.20 bits per heavy atom. The van der Waals surface area contributed by atoms with E-state index in [9.17, 15) is 14.2 Å². The molecule has 0 spiro atoms. The molecule has 6 N–H and O–H groups in total. The van der Waals surface area contributed by atoms with Crippen LogP contribution < -0.4 is 5.32 Å². The van der Waals surface area contributed by atoms with Gasteiger partial charge >= 0.3 is 15.2 Å². The minimum atomic E-state index is -5.38. The van der Waals surface area contributed by atoms with Crippen LogP contribution in [0, 0.1) is 0 Å². The Kier molecular flexibility index (Phi) is 3.27. The van der Waals surface area contributed by atoms with Gasteiger partial charge in [0.15, 0.2) is 0 Å². The molecular weight excluding hydrogens is 248 g/mol. The van der Waals surface area contributed by atoms with Crippen LogP contribution in [0.1, 0.15) is 0 Å². The van der Waals surface area contributed by atoms with Crippen LogP contribution in [0.3, 0.4) is 0 Å². The van der Waals surface area contributed by atoms with E-state index >= 15 is 0 Å². The van der Waals surface area contributed by atoms with Crippen molar-refractivity contribution >= 4 is 15.2 Å². The zero-order valence-electron chi connectivity index (χ0n) is 7.39. The summed E-state index contributed by atoms with van der Waals surface area (Å²) in [6.45, 7) is 0.174. The van der Waals surface area contributed by atoms with Gasteiger partial charge in [-0.25, -0.2) is 0 Å². The summed E-state index contributed by atoms with van der Waals surface area (Å²) in [6.07, 6.45) is 2.51. The van der Waals surface area contributed by atoms with Crippen LogP contribution >= 0.6 is 15.2 Å². The Balaban J connectivity index is 3.25. The van der Waals surface area contributed by atoms with Crippen LogP contribution in [-0.4, -0.2) is 42.3 Å². The van der Waals surface area contributed by atoms with Crippen molar-refractivity contribution in [3.05, 3.63) is 12.2 Å². The fraction of sp³-hybridized carbons (Fsp3) is 0.600. The highest BCUT2D eigenvalue weighted by molar-refractivity contribution is 7.72. The minimum Gasteiger partial charge on any atom is -0.366 e. The third kappa shape index (κ3) is 2.08. The molecule has 0 fully saturated rings. The fourth-order valence-corrected chi connectivity index (χ4v) is 3.70. The summed E-state index contributed by atoms with van der Waals surface area (Å²) >= 11 is 0. The lowest BCUT2D eigenvalue weighted by Crippen LogP contribution is -2.47. The first-order chi connectivity index (χ1) is 6.61. The predicted octanol–water partition coefficient (Wildman–Crippen LogP) is -1.48. The standard InChI is InChI=1S/C5H11NO7P2/c7-5(14(8,9)10,15(11,12)13)4-2-1-3-6-4/h1-2,4,6-7H,3H2,(H2,8,9,10)(H2,11,12,13). The molecule has 0 amide bonds. The van der Waals surface area contributed by atoms with Crippen LogP contribution in [0.15, 0.2) is 12.2 Å². The van der Waals surface area contributed by atoms with Crippen molar-refractivity contribution in [1.29, 1.82) is 0 Å². The van der Waals surface area contributed by atoms with Gasteiger partial charge in [0.25, 0.3) is 5.08 Å². The maximum absolute atomic E-state index is 11.0. The van der Waals surface area contributed by atoms with Gasteiger partial charge in [-0.05, 0) is 0 Å². The van der Waals surface area contributed by atoms with Gasteiger partial charge in [0.05, 0.1) is 6.04 Å². The predicted molar refractivity (Wildman–Crippen MR) is 50.0 cm³/mol. The monoisotopic (exact) mass is 259 g/mol. The van der Waals surface area contributed by atoms with E-state index in [0.29, 0.717) is 0 Å². The van der Waals surface area contributed by atoms with Gasteiger partial charge in [0, 0.05) is 6.54 Å². The third-order valence-electron chi connectivity index (χ3n) is 2.06. The molecule has 8 nitrogen and oxygen atoms in total. The molecule has 1 atom stereocenters. The van der Waals surface area contributed by atoms with Gasteiger partial charge in [-0.1, -0.05) is 12.2 Å². The first-order valence-corrected chi connectivity index (χ1v) is 7.07. The molecule has 0 aliphatic carbocycles. The quantitative estimate of drug-likeness (QED) is 0.265. The molecule has 0 radical (unpaired) electrons. The topological polar surface area (TPSA) is 147 Å². The van der Waals surface area contributed by atoms with E-state index in [1.165, 1.54) is 6.08 Å². The van der Waals surface area contributed by atoms with Crippen molar-refractivity contribution in [3.8, 4) is 0 Å². The number of hydrogen-bond acceptors (Lipinski definition) is 4. The summed E-state index contributed by atoms with van der Waals surface area (Å²) in [5.41, 5.74) is 0. The molecule has 88 valence electrons. The molecule has 1 aliphatic heterocycles. The van der Waals surface area contributed by atoms with Gasteiger partial charge < -0.3 is 30.0 Å². The first-order valence-electron chi connectivity index (χ1n) is 3.84. The van der Waals surface area contributed by atoms with Gasteiger partial charge in [-0.15, -0.1) is 0 Å². The summed E-state index contributed by atoms with van der Waals surface area (Å²) in [6, 6.07) is -1.47. The van der Waals surface area contributed by atoms with Crippen molar-refractivity contribution in [2.45, 2.75) is 11.1 Å². The Labute approximate surface area is 85.0 Å². The summed E-state index contributed by atoms with van der Waals surface area (Å²) in [4.78, 5) is 35.3. The second-order valence-corrected chi connectivity index (χ2v) is 6.98. The molecule has 15 heavy (non-hydrogen) atoms. The summed E-state index contributed by atoms with van der Waals surface area (Å²) in [5, 5.41) is 8.50. The average Bonchev–Trinajstić information content (AvgIpc) is 2.49. The van der Waals surface area contributed by atoms with E-state index in [1.54, 1.807) is 0 Å². The maximum atomic E-state index is 11.0. The molecule has 1 rings (SSSR count). The molecule has 10 heteroatoms. The normalized spacial score (nSPS) is 23.4. The molecular formula is C5H11NO7P2. The van der Waals surface area contributed by atoms with Gasteiger partial charge in [0.1, 0.15) is 0 Å². The summed E-state index contributed by atoms with van der Waals surface area (Å²) in [7, 11) is -10.8. The van der Waals surface area contributed by atoms with E-state index in [0.717, 1.165) is 6.08 Å². The maximum Gasteiger partial charge on any atom is 0.371 e. The van der Waals surface area contributed by atoms with Crippen LogP contribution in [0.2, 0.25) is 0 Å². The van der Waals surface area contributed by atoms with E-state index in [2.05, 4.69) is 5.32 Å². The number of hydrogen-bond donors (Lipinski definition) is 6. The Morgan fingerprint density at radius 2 is 1.67 bits per heavy atom. The third-order valence-corrected chi connectivity index (χ3v) is 5.89. The van der Waals surface area contributed by atoms with Crippen molar-refractivity contribution in [2.24, 2.45) is 0 Å². The molecule has 0 bridgehead atoms. The molecule has 1 unspecified atom stereocenters. The molecule has 0 aromatic rings. The second kappa shape index (κ2) is 3.76. The van der Waals surface area contributed by atoms with E-state index in [4.69, 9.17) is 19.6 Å². The highest BCUT2D eigenvalue weighted by atomic mass is 31.2. The SMILES string of the molecule is O=P(O)(O)C(O)(C1C=CCN1)P(=O)(O)O. The lowest BCUT2D eigenvalue weighted by Gasteiger charge is -2.33. The van der Waals surface area contributed by atoms with Crippen LogP contribution in [-0.2, 0) is 9.13 Å². The van der Waals surface area contributed by atoms with Crippen LogP contribution in [0.4, 0.5) is 0 Å². The van der Waals surface area contributed by atoms with E-state index < -0.39 is 26.3 Å².